The fourth-order valence-electron chi connectivity index (χ4n) is 1.75. The van der Waals surface area contributed by atoms with Crippen molar-refractivity contribution in [3.63, 3.8) is 0 Å². The number of aromatic hydroxyl groups is 1. The molecule has 0 aliphatic heterocycles. The van der Waals surface area contributed by atoms with Crippen LogP contribution in [0, 0.1) is 0 Å². The number of pyridine rings is 1. The van der Waals surface area contributed by atoms with Crippen molar-refractivity contribution in [2.45, 2.75) is 0 Å². The fraction of sp³-hybridized carbons (Fsp3) is 0.182. The summed E-state index contributed by atoms with van der Waals surface area (Å²) >= 11 is 0. The minimum absolute atomic E-state index is 0.119. The Labute approximate surface area is 103 Å². The topological polar surface area (TPSA) is 88.6 Å². The molecular formula is C11H12NO5P. The minimum Gasteiger partial charge on any atom is -0.502 e. The monoisotopic (exact) mass is 269 g/mol. The van der Waals surface area contributed by atoms with E-state index < -0.39 is 18.9 Å². The maximum absolute atomic E-state index is 12.4. The van der Waals surface area contributed by atoms with Crippen molar-refractivity contribution in [2.24, 2.45) is 0 Å². The predicted molar refractivity (Wildman–Crippen MR) is 67.5 cm³/mol. The Morgan fingerprint density at radius 2 is 1.83 bits per heavy atom. The number of aromatic amines is 1. The lowest BCUT2D eigenvalue weighted by Gasteiger charge is -2.16. The van der Waals surface area contributed by atoms with Gasteiger partial charge in [0.15, 0.2) is 5.75 Å². The molecule has 0 spiro atoms. The van der Waals surface area contributed by atoms with Crippen molar-refractivity contribution < 1.29 is 18.7 Å². The number of fused-ring (bicyclic) bond motifs is 1. The number of nitrogens with one attached hydrogen (secondary N) is 1. The molecule has 0 aliphatic rings. The average Bonchev–Trinajstić information content (AvgIpc) is 2.39. The van der Waals surface area contributed by atoms with E-state index in [1.165, 1.54) is 14.2 Å². The van der Waals surface area contributed by atoms with Crippen molar-refractivity contribution >= 4 is 23.8 Å². The highest BCUT2D eigenvalue weighted by Gasteiger charge is 2.32. The second-order valence-electron chi connectivity index (χ2n) is 3.56. The Morgan fingerprint density at radius 1 is 1.22 bits per heavy atom. The minimum atomic E-state index is -3.71. The van der Waals surface area contributed by atoms with Crippen molar-refractivity contribution in [1.82, 2.24) is 4.98 Å². The van der Waals surface area contributed by atoms with E-state index in [9.17, 15) is 14.5 Å². The van der Waals surface area contributed by atoms with Gasteiger partial charge in [0.25, 0.3) is 5.56 Å². The van der Waals surface area contributed by atoms with Crippen LogP contribution in [0.3, 0.4) is 0 Å². The molecule has 2 N–H and O–H groups in total. The number of rotatable bonds is 3. The van der Waals surface area contributed by atoms with E-state index in [1.807, 2.05) is 0 Å². The van der Waals surface area contributed by atoms with Crippen LogP contribution < -0.4 is 10.9 Å². The van der Waals surface area contributed by atoms with Crippen LogP contribution in [0.4, 0.5) is 0 Å². The summed E-state index contributed by atoms with van der Waals surface area (Å²) in [4.78, 5) is 14.1. The smallest absolute Gasteiger partial charge is 0.365 e. The average molecular weight is 269 g/mol. The lowest BCUT2D eigenvalue weighted by Crippen LogP contribution is -2.19. The third-order valence-corrected chi connectivity index (χ3v) is 4.59. The molecule has 0 saturated heterocycles. The zero-order chi connectivity index (χ0) is 13.3. The molecule has 0 saturated carbocycles. The molecule has 2 rings (SSSR count). The van der Waals surface area contributed by atoms with Crippen molar-refractivity contribution in [3.05, 3.63) is 34.6 Å². The standard InChI is InChI=1S/C11H12NO5P/c1-16-18(15,17-2)10-7-5-3-4-6-8(7)12-11(14)9(10)13/h3-6,13H,1-2H3,(H,12,14). The van der Waals surface area contributed by atoms with Crippen molar-refractivity contribution in [3.8, 4) is 5.75 Å². The molecule has 1 aromatic heterocycles. The van der Waals surface area contributed by atoms with Gasteiger partial charge in [0.2, 0.25) is 0 Å². The largest absolute Gasteiger partial charge is 0.502 e. The molecule has 6 nitrogen and oxygen atoms in total. The van der Waals surface area contributed by atoms with Crippen LogP contribution in [0.15, 0.2) is 29.1 Å². The molecule has 1 heterocycles. The van der Waals surface area contributed by atoms with Gasteiger partial charge in [-0.25, -0.2) is 0 Å². The maximum atomic E-state index is 12.4. The Balaban J connectivity index is 2.96. The molecule has 7 heteroatoms. The summed E-state index contributed by atoms with van der Waals surface area (Å²) in [6, 6.07) is 6.66. The van der Waals surface area contributed by atoms with Crippen LogP contribution in [0.1, 0.15) is 0 Å². The van der Waals surface area contributed by atoms with Crippen molar-refractivity contribution in [1.29, 1.82) is 0 Å². The SMILES string of the molecule is COP(=O)(OC)c1c(O)c(=O)[nH]c2ccccc12. The molecule has 0 amide bonds. The third-order valence-electron chi connectivity index (χ3n) is 2.62. The summed E-state index contributed by atoms with van der Waals surface area (Å²) in [7, 11) is -1.33. The Bertz CT molecular complexity index is 685. The molecular weight excluding hydrogens is 257 g/mol. The van der Waals surface area contributed by atoms with Crippen LogP contribution in [0.2, 0.25) is 0 Å². The van der Waals surface area contributed by atoms with Gasteiger partial charge in [0.1, 0.15) is 5.30 Å². The van der Waals surface area contributed by atoms with Crippen LogP contribution in [0.25, 0.3) is 10.9 Å². The number of aromatic nitrogens is 1. The normalized spacial score (nSPS) is 11.9. The van der Waals surface area contributed by atoms with Gasteiger partial charge >= 0.3 is 7.60 Å². The number of benzene rings is 1. The summed E-state index contributed by atoms with van der Waals surface area (Å²) in [5, 5.41) is 10.1. The Hall–Kier alpha value is -1.62. The maximum Gasteiger partial charge on any atom is 0.365 e. The van der Waals surface area contributed by atoms with Crippen LogP contribution in [-0.2, 0) is 13.6 Å². The first-order valence-corrected chi connectivity index (χ1v) is 6.64. The quantitative estimate of drug-likeness (QED) is 0.821. The van der Waals surface area contributed by atoms with Crippen LogP contribution in [0.5, 0.6) is 5.75 Å². The molecule has 0 aliphatic carbocycles. The first-order valence-electron chi connectivity index (χ1n) is 5.09. The number of hydrogen-bond donors (Lipinski definition) is 2. The zero-order valence-corrected chi connectivity index (χ0v) is 10.7. The molecule has 2 aromatic rings. The number of hydrogen-bond acceptors (Lipinski definition) is 5. The van der Waals surface area contributed by atoms with E-state index >= 15 is 0 Å². The van der Waals surface area contributed by atoms with Crippen molar-refractivity contribution in [2.75, 3.05) is 14.2 Å². The highest BCUT2D eigenvalue weighted by molar-refractivity contribution is 7.63. The summed E-state index contributed by atoms with van der Waals surface area (Å²) in [6.07, 6.45) is 0. The van der Waals surface area contributed by atoms with E-state index in [-0.39, 0.29) is 5.30 Å². The molecule has 1 aromatic carbocycles. The van der Waals surface area contributed by atoms with Crippen LogP contribution >= 0.6 is 7.60 Å². The molecule has 0 fully saturated rings. The summed E-state index contributed by atoms with van der Waals surface area (Å²) in [6.45, 7) is 0. The summed E-state index contributed by atoms with van der Waals surface area (Å²) in [5.74, 6) is -0.652. The zero-order valence-electron chi connectivity index (χ0n) is 9.84. The first-order chi connectivity index (χ1) is 8.53. The summed E-state index contributed by atoms with van der Waals surface area (Å²) < 4.78 is 22.1. The molecule has 18 heavy (non-hydrogen) atoms. The number of H-pyrrole nitrogens is 1. The van der Waals surface area contributed by atoms with E-state index in [0.29, 0.717) is 10.9 Å². The van der Waals surface area contributed by atoms with Gasteiger partial charge in [-0.15, -0.1) is 0 Å². The van der Waals surface area contributed by atoms with Gasteiger partial charge in [-0.05, 0) is 6.07 Å². The molecule has 96 valence electrons. The second kappa shape index (κ2) is 4.57. The lowest BCUT2D eigenvalue weighted by molar-refractivity contribution is 0.286. The molecule has 0 atom stereocenters. The molecule has 0 radical (unpaired) electrons. The Kier molecular flexibility index (Phi) is 3.26. The fourth-order valence-corrected chi connectivity index (χ4v) is 3.11. The summed E-state index contributed by atoms with van der Waals surface area (Å²) in [5.41, 5.74) is -0.289. The van der Waals surface area contributed by atoms with Gasteiger partial charge in [0.05, 0.1) is 0 Å². The van der Waals surface area contributed by atoms with E-state index in [0.717, 1.165) is 0 Å². The second-order valence-corrected chi connectivity index (χ2v) is 5.73. The van der Waals surface area contributed by atoms with Gasteiger partial charge in [-0.1, -0.05) is 18.2 Å². The number of para-hydroxylation sites is 1. The van der Waals surface area contributed by atoms with Gasteiger partial charge < -0.3 is 19.1 Å². The van der Waals surface area contributed by atoms with E-state index in [1.54, 1.807) is 24.3 Å². The molecule has 0 unspecified atom stereocenters. The van der Waals surface area contributed by atoms with Gasteiger partial charge in [-0.3, -0.25) is 9.36 Å². The highest BCUT2D eigenvalue weighted by atomic mass is 31.2. The lowest BCUT2D eigenvalue weighted by atomic mass is 10.2. The first kappa shape index (κ1) is 12.8. The highest BCUT2D eigenvalue weighted by Crippen LogP contribution is 2.48. The van der Waals surface area contributed by atoms with Crippen LogP contribution in [-0.4, -0.2) is 24.3 Å². The van der Waals surface area contributed by atoms with E-state index in [2.05, 4.69) is 4.98 Å². The van der Waals surface area contributed by atoms with Gasteiger partial charge in [0, 0.05) is 25.1 Å². The van der Waals surface area contributed by atoms with E-state index in [4.69, 9.17) is 9.05 Å². The molecule has 0 bridgehead atoms. The predicted octanol–water partition coefficient (Wildman–Crippen LogP) is 1.34. The third kappa shape index (κ3) is 1.84. The van der Waals surface area contributed by atoms with Gasteiger partial charge in [-0.2, -0.15) is 0 Å². The Morgan fingerprint density at radius 3 is 2.44 bits per heavy atom.